The standard InChI is InChI=1S/C15H10F4N2O3/c16-7-1-2-9-11(6-23-12(9)4-7)21-13(22)10-3-8(17)5-20-14(10)24-15(18)19/h1-5,11,15H,6H2,(H,21,22). The Morgan fingerprint density at radius 2 is 2.08 bits per heavy atom. The second-order valence-corrected chi connectivity index (χ2v) is 4.90. The number of alkyl halides is 2. The van der Waals surface area contributed by atoms with Crippen LogP contribution in [0.15, 0.2) is 30.5 Å². The number of carbonyl (C=O) groups excluding carboxylic acids is 1. The van der Waals surface area contributed by atoms with Crippen LogP contribution in [0.3, 0.4) is 0 Å². The highest BCUT2D eigenvalue weighted by Gasteiger charge is 2.28. The Kier molecular flexibility index (Phi) is 4.24. The van der Waals surface area contributed by atoms with Gasteiger partial charge in [0.25, 0.3) is 5.91 Å². The smallest absolute Gasteiger partial charge is 0.388 e. The molecule has 1 aliphatic rings. The predicted octanol–water partition coefficient (Wildman–Crippen LogP) is 2.82. The molecular weight excluding hydrogens is 332 g/mol. The fourth-order valence-corrected chi connectivity index (χ4v) is 2.31. The lowest BCUT2D eigenvalue weighted by Gasteiger charge is -2.14. The summed E-state index contributed by atoms with van der Waals surface area (Å²) in [7, 11) is 0. The van der Waals surface area contributed by atoms with Gasteiger partial charge in [-0.3, -0.25) is 4.79 Å². The molecule has 0 saturated heterocycles. The van der Waals surface area contributed by atoms with Crippen molar-refractivity contribution in [3.8, 4) is 11.6 Å². The van der Waals surface area contributed by atoms with Gasteiger partial charge in [-0.15, -0.1) is 0 Å². The van der Waals surface area contributed by atoms with Gasteiger partial charge in [-0.25, -0.2) is 13.8 Å². The van der Waals surface area contributed by atoms with Crippen molar-refractivity contribution in [1.82, 2.24) is 10.3 Å². The van der Waals surface area contributed by atoms with Gasteiger partial charge in [0.15, 0.2) is 0 Å². The van der Waals surface area contributed by atoms with Crippen LogP contribution in [0, 0.1) is 11.6 Å². The largest absolute Gasteiger partial charge is 0.491 e. The Balaban J connectivity index is 1.83. The Morgan fingerprint density at radius 1 is 1.29 bits per heavy atom. The summed E-state index contributed by atoms with van der Waals surface area (Å²) >= 11 is 0. The fourth-order valence-electron chi connectivity index (χ4n) is 2.31. The average molecular weight is 342 g/mol. The number of pyridine rings is 1. The van der Waals surface area contributed by atoms with Crippen LogP contribution in [0.2, 0.25) is 0 Å². The third-order valence-corrected chi connectivity index (χ3v) is 3.32. The number of rotatable bonds is 4. The van der Waals surface area contributed by atoms with E-state index in [-0.39, 0.29) is 12.4 Å². The van der Waals surface area contributed by atoms with Gasteiger partial charge in [-0.1, -0.05) is 6.07 Å². The van der Waals surface area contributed by atoms with Gasteiger partial charge >= 0.3 is 6.61 Å². The van der Waals surface area contributed by atoms with E-state index in [1.54, 1.807) is 0 Å². The molecule has 1 aromatic carbocycles. The summed E-state index contributed by atoms with van der Waals surface area (Å²) in [6.07, 6.45) is 0.658. The first-order valence-corrected chi connectivity index (χ1v) is 6.77. The summed E-state index contributed by atoms with van der Waals surface area (Å²) in [6.45, 7) is -3.19. The lowest BCUT2D eigenvalue weighted by Crippen LogP contribution is -2.30. The van der Waals surface area contributed by atoms with Gasteiger partial charge in [0.2, 0.25) is 5.88 Å². The third kappa shape index (κ3) is 3.24. The normalized spacial score (nSPS) is 15.8. The van der Waals surface area contributed by atoms with Crippen molar-refractivity contribution < 1.29 is 31.8 Å². The maximum atomic E-state index is 13.3. The van der Waals surface area contributed by atoms with Crippen LogP contribution in [-0.2, 0) is 0 Å². The Morgan fingerprint density at radius 3 is 2.83 bits per heavy atom. The molecule has 1 N–H and O–H groups in total. The second kappa shape index (κ2) is 6.34. The molecule has 0 saturated carbocycles. The summed E-state index contributed by atoms with van der Waals surface area (Å²) < 4.78 is 60.5. The van der Waals surface area contributed by atoms with Crippen LogP contribution in [0.5, 0.6) is 11.6 Å². The predicted molar refractivity (Wildman–Crippen MR) is 72.9 cm³/mol. The molecule has 1 aliphatic heterocycles. The molecule has 2 heterocycles. The maximum Gasteiger partial charge on any atom is 0.388 e. The molecule has 0 bridgehead atoms. The number of ether oxygens (including phenoxy) is 2. The van der Waals surface area contributed by atoms with Gasteiger partial charge in [0.1, 0.15) is 29.6 Å². The zero-order valence-electron chi connectivity index (χ0n) is 11.9. The molecule has 126 valence electrons. The van der Waals surface area contributed by atoms with Crippen LogP contribution < -0.4 is 14.8 Å². The number of aromatic nitrogens is 1. The third-order valence-electron chi connectivity index (χ3n) is 3.32. The minimum Gasteiger partial charge on any atom is -0.491 e. The van der Waals surface area contributed by atoms with Gasteiger partial charge in [0.05, 0.1) is 12.2 Å². The van der Waals surface area contributed by atoms with E-state index in [2.05, 4.69) is 15.0 Å². The van der Waals surface area contributed by atoms with Crippen molar-refractivity contribution in [1.29, 1.82) is 0 Å². The zero-order chi connectivity index (χ0) is 17.3. The maximum absolute atomic E-state index is 13.3. The molecule has 1 amide bonds. The van der Waals surface area contributed by atoms with Crippen LogP contribution in [0.1, 0.15) is 22.0 Å². The van der Waals surface area contributed by atoms with E-state index in [9.17, 15) is 22.4 Å². The van der Waals surface area contributed by atoms with Crippen LogP contribution in [0.25, 0.3) is 0 Å². The highest BCUT2D eigenvalue weighted by Crippen LogP contribution is 2.33. The van der Waals surface area contributed by atoms with Crippen molar-refractivity contribution in [2.75, 3.05) is 6.61 Å². The number of hydrogen-bond donors (Lipinski definition) is 1. The van der Waals surface area contributed by atoms with E-state index in [0.29, 0.717) is 11.8 Å². The number of halogens is 4. The van der Waals surface area contributed by atoms with Crippen molar-refractivity contribution in [3.63, 3.8) is 0 Å². The molecule has 3 rings (SSSR count). The molecule has 5 nitrogen and oxygen atoms in total. The number of hydrogen-bond acceptors (Lipinski definition) is 4. The Hall–Kier alpha value is -2.84. The number of carbonyl (C=O) groups is 1. The molecule has 9 heteroatoms. The Labute approximate surface area is 133 Å². The first kappa shape index (κ1) is 16.0. The topological polar surface area (TPSA) is 60.5 Å². The number of benzene rings is 1. The molecule has 0 spiro atoms. The first-order valence-electron chi connectivity index (χ1n) is 6.77. The van der Waals surface area contributed by atoms with Crippen molar-refractivity contribution in [2.45, 2.75) is 12.7 Å². The van der Waals surface area contributed by atoms with E-state index >= 15 is 0 Å². The monoisotopic (exact) mass is 342 g/mol. The number of nitrogens with one attached hydrogen (secondary N) is 1. The second-order valence-electron chi connectivity index (χ2n) is 4.90. The quantitative estimate of drug-likeness (QED) is 0.868. The minimum absolute atomic E-state index is 0.0261. The summed E-state index contributed by atoms with van der Waals surface area (Å²) in [5.41, 5.74) is 0.0382. The number of fused-ring (bicyclic) bond motifs is 1. The van der Waals surface area contributed by atoms with Crippen molar-refractivity contribution >= 4 is 5.91 Å². The van der Waals surface area contributed by atoms with E-state index in [1.807, 2.05) is 0 Å². The summed E-state index contributed by atoms with van der Waals surface area (Å²) in [5.74, 6) is -2.68. The molecule has 2 aromatic rings. The van der Waals surface area contributed by atoms with Crippen LogP contribution >= 0.6 is 0 Å². The number of amides is 1. The molecule has 1 unspecified atom stereocenters. The molecule has 0 radical (unpaired) electrons. The molecule has 1 aromatic heterocycles. The van der Waals surface area contributed by atoms with Crippen molar-refractivity contribution in [3.05, 3.63) is 53.2 Å². The summed E-state index contributed by atoms with van der Waals surface area (Å²) in [5, 5.41) is 2.49. The van der Waals surface area contributed by atoms with Gasteiger partial charge < -0.3 is 14.8 Å². The molecule has 24 heavy (non-hydrogen) atoms. The van der Waals surface area contributed by atoms with E-state index in [0.717, 1.165) is 12.1 Å². The molecular formula is C15H10F4N2O3. The van der Waals surface area contributed by atoms with Crippen LogP contribution in [0.4, 0.5) is 17.6 Å². The lowest BCUT2D eigenvalue weighted by molar-refractivity contribution is -0.0532. The highest BCUT2D eigenvalue weighted by atomic mass is 19.3. The first-order chi connectivity index (χ1) is 11.4. The van der Waals surface area contributed by atoms with E-state index < -0.39 is 41.6 Å². The van der Waals surface area contributed by atoms with E-state index in [1.165, 1.54) is 12.1 Å². The highest BCUT2D eigenvalue weighted by molar-refractivity contribution is 5.96. The minimum atomic E-state index is -3.21. The average Bonchev–Trinajstić information content (AvgIpc) is 2.90. The van der Waals surface area contributed by atoms with Gasteiger partial charge in [0, 0.05) is 11.6 Å². The van der Waals surface area contributed by atoms with Crippen LogP contribution in [-0.4, -0.2) is 24.1 Å². The summed E-state index contributed by atoms with van der Waals surface area (Å²) in [4.78, 5) is 15.6. The molecule has 0 fully saturated rings. The van der Waals surface area contributed by atoms with Crippen molar-refractivity contribution in [2.24, 2.45) is 0 Å². The fraction of sp³-hybridized carbons (Fsp3) is 0.200. The Bertz CT molecular complexity index is 785. The SMILES string of the molecule is O=C(NC1COc2cc(F)ccc21)c1cc(F)cnc1OC(F)F. The molecule has 0 aliphatic carbocycles. The zero-order valence-corrected chi connectivity index (χ0v) is 11.9. The van der Waals surface area contributed by atoms with Gasteiger partial charge in [-0.05, 0) is 12.1 Å². The number of nitrogens with zero attached hydrogens (tertiary/aromatic N) is 1. The summed E-state index contributed by atoms with van der Waals surface area (Å²) in [6, 6.07) is 3.89. The molecule has 1 atom stereocenters. The lowest BCUT2D eigenvalue weighted by atomic mass is 10.1. The van der Waals surface area contributed by atoms with E-state index in [4.69, 9.17) is 4.74 Å². The van der Waals surface area contributed by atoms with Gasteiger partial charge in [-0.2, -0.15) is 8.78 Å².